The molecule has 0 aliphatic heterocycles. The molecule has 2 aromatic heterocycles. The fourth-order valence-corrected chi connectivity index (χ4v) is 3.98. The first kappa shape index (κ1) is 11.9. The van der Waals surface area contributed by atoms with E-state index in [0.29, 0.717) is 0 Å². The second-order valence-electron chi connectivity index (χ2n) is 5.07. The number of aryl methyl sites for hydroxylation is 3. The zero-order valence-electron chi connectivity index (χ0n) is 10.9. The fraction of sp³-hybridized carbons (Fsp3) is 0.571. The highest BCUT2D eigenvalue weighted by molar-refractivity contribution is 7.18. The predicted molar refractivity (Wildman–Crippen MR) is 75.8 cm³/mol. The molecule has 0 unspecified atom stereocenters. The Bertz CT molecular complexity index is 574. The Morgan fingerprint density at radius 1 is 1.39 bits per heavy atom. The Morgan fingerprint density at radius 3 is 3.06 bits per heavy atom. The van der Waals surface area contributed by atoms with E-state index in [0.717, 1.165) is 23.6 Å². The molecule has 3 nitrogen and oxygen atoms in total. The number of thiophene rings is 1. The maximum Gasteiger partial charge on any atom is 0.231 e. The molecule has 2 heterocycles. The fourth-order valence-electron chi connectivity index (χ4n) is 2.74. The van der Waals surface area contributed by atoms with Gasteiger partial charge in [-0.15, -0.1) is 11.3 Å². The summed E-state index contributed by atoms with van der Waals surface area (Å²) in [5.41, 5.74) is 7.84. The lowest BCUT2D eigenvalue weighted by molar-refractivity contribution is -0.684. The first-order valence-corrected chi connectivity index (χ1v) is 7.71. The van der Waals surface area contributed by atoms with E-state index in [2.05, 4.69) is 16.5 Å². The van der Waals surface area contributed by atoms with Crippen LogP contribution in [0.25, 0.3) is 10.2 Å². The lowest BCUT2D eigenvalue weighted by Crippen LogP contribution is -2.37. The summed E-state index contributed by atoms with van der Waals surface area (Å²) in [6, 6.07) is 0. The number of fused-ring (bicyclic) bond motifs is 3. The van der Waals surface area contributed by atoms with Crippen LogP contribution in [0.4, 0.5) is 5.82 Å². The molecule has 2 aromatic rings. The van der Waals surface area contributed by atoms with Crippen LogP contribution in [0.15, 0.2) is 6.33 Å². The minimum atomic E-state index is 0.924. The third-order valence-corrected chi connectivity index (χ3v) is 4.99. The second kappa shape index (κ2) is 4.84. The number of nitrogens with zero attached hydrogens (tertiary/aromatic N) is 2. The summed E-state index contributed by atoms with van der Waals surface area (Å²) >= 11 is 1.84. The minimum Gasteiger partial charge on any atom is -0.318 e. The van der Waals surface area contributed by atoms with Gasteiger partial charge in [0.25, 0.3) is 0 Å². The lowest BCUT2D eigenvalue weighted by Gasteiger charge is -2.10. The smallest absolute Gasteiger partial charge is 0.231 e. The van der Waals surface area contributed by atoms with E-state index in [1.54, 1.807) is 0 Å². The van der Waals surface area contributed by atoms with Gasteiger partial charge in [0, 0.05) is 4.88 Å². The van der Waals surface area contributed by atoms with Crippen molar-refractivity contribution in [2.45, 2.75) is 52.0 Å². The van der Waals surface area contributed by atoms with Crippen LogP contribution in [0.1, 0.15) is 43.0 Å². The summed E-state index contributed by atoms with van der Waals surface area (Å²) in [6.07, 6.45) is 9.26. The van der Waals surface area contributed by atoms with Crippen LogP contribution in [-0.4, -0.2) is 4.98 Å². The van der Waals surface area contributed by atoms with Crippen molar-refractivity contribution < 1.29 is 4.57 Å². The molecule has 0 saturated carbocycles. The van der Waals surface area contributed by atoms with Crippen LogP contribution in [0, 0.1) is 0 Å². The van der Waals surface area contributed by atoms with E-state index >= 15 is 0 Å². The standard InChI is InChI=1S/C14H19N3S/c1-2-3-8-17-9-16-14-12(13(17)15)10-6-4-5-7-11(10)18-14/h9,15H,2-8H2,1H3/p+1. The first-order chi connectivity index (χ1) is 8.81. The molecule has 18 heavy (non-hydrogen) atoms. The first-order valence-electron chi connectivity index (χ1n) is 6.89. The minimum absolute atomic E-state index is 0.924. The molecule has 0 amide bonds. The molecule has 3 rings (SSSR count). The highest BCUT2D eigenvalue weighted by Gasteiger charge is 2.23. The Hall–Kier alpha value is -1.16. The van der Waals surface area contributed by atoms with Crippen LogP contribution < -0.4 is 10.3 Å². The maximum absolute atomic E-state index is 6.36. The topological polar surface area (TPSA) is 42.8 Å². The van der Waals surface area contributed by atoms with Gasteiger partial charge in [-0.05, 0) is 37.7 Å². The zero-order valence-corrected chi connectivity index (χ0v) is 11.7. The molecule has 2 N–H and O–H groups in total. The van der Waals surface area contributed by atoms with Crippen molar-refractivity contribution in [1.82, 2.24) is 4.98 Å². The SMILES string of the molecule is CCCC[n+]1cnc2sc3c(c2c1N)CCCC3. The van der Waals surface area contributed by atoms with Crippen molar-refractivity contribution in [2.75, 3.05) is 5.73 Å². The van der Waals surface area contributed by atoms with Crippen LogP contribution in [-0.2, 0) is 19.4 Å². The molecule has 0 atom stereocenters. The summed E-state index contributed by atoms with van der Waals surface area (Å²) in [5.74, 6) is 0.924. The van der Waals surface area contributed by atoms with E-state index in [4.69, 9.17) is 5.73 Å². The predicted octanol–water partition coefficient (Wildman–Crippen LogP) is 2.84. The maximum atomic E-state index is 6.36. The van der Waals surface area contributed by atoms with Crippen LogP contribution in [0.5, 0.6) is 0 Å². The summed E-state index contributed by atoms with van der Waals surface area (Å²) in [4.78, 5) is 7.25. The van der Waals surface area contributed by atoms with Gasteiger partial charge < -0.3 is 5.73 Å². The van der Waals surface area contributed by atoms with E-state index in [-0.39, 0.29) is 0 Å². The average Bonchev–Trinajstić information content (AvgIpc) is 2.77. The zero-order chi connectivity index (χ0) is 12.5. The van der Waals surface area contributed by atoms with Crippen molar-refractivity contribution in [3.8, 4) is 0 Å². The Labute approximate surface area is 112 Å². The number of hydrogen-bond acceptors (Lipinski definition) is 3. The number of aromatic nitrogens is 2. The molecule has 0 fully saturated rings. The summed E-state index contributed by atoms with van der Waals surface area (Å²) in [6.45, 7) is 3.19. The highest BCUT2D eigenvalue weighted by atomic mass is 32.1. The van der Waals surface area contributed by atoms with Crippen LogP contribution in [0.2, 0.25) is 0 Å². The molecule has 0 radical (unpaired) electrons. The monoisotopic (exact) mass is 262 g/mol. The van der Waals surface area contributed by atoms with Crippen LogP contribution in [0.3, 0.4) is 0 Å². The molecule has 0 aromatic carbocycles. The number of hydrogen-bond donors (Lipinski definition) is 1. The van der Waals surface area contributed by atoms with Gasteiger partial charge in [-0.2, -0.15) is 0 Å². The summed E-state index contributed by atoms with van der Waals surface area (Å²) < 4.78 is 2.12. The molecule has 1 aliphatic rings. The lowest BCUT2D eigenvalue weighted by atomic mass is 9.97. The molecular formula is C14H20N3S+. The van der Waals surface area contributed by atoms with Crippen molar-refractivity contribution in [3.63, 3.8) is 0 Å². The number of nitrogen functional groups attached to an aromatic ring is 1. The van der Waals surface area contributed by atoms with Gasteiger partial charge in [0.2, 0.25) is 17.0 Å². The molecule has 96 valence electrons. The third-order valence-electron chi connectivity index (χ3n) is 3.79. The highest BCUT2D eigenvalue weighted by Crippen LogP contribution is 2.36. The quantitative estimate of drug-likeness (QED) is 0.864. The van der Waals surface area contributed by atoms with Gasteiger partial charge in [-0.3, -0.25) is 0 Å². The van der Waals surface area contributed by atoms with Gasteiger partial charge in [0.1, 0.15) is 5.39 Å². The molecule has 1 aliphatic carbocycles. The van der Waals surface area contributed by atoms with E-state index in [1.807, 2.05) is 17.7 Å². The van der Waals surface area contributed by atoms with Crippen LogP contribution >= 0.6 is 11.3 Å². The van der Waals surface area contributed by atoms with Gasteiger partial charge >= 0.3 is 0 Å². The van der Waals surface area contributed by atoms with E-state index in [1.165, 1.54) is 47.9 Å². The van der Waals surface area contributed by atoms with Gasteiger partial charge in [0.05, 0.1) is 6.54 Å². The molecular weight excluding hydrogens is 242 g/mol. The van der Waals surface area contributed by atoms with Crippen molar-refractivity contribution in [2.24, 2.45) is 0 Å². The molecule has 0 saturated heterocycles. The largest absolute Gasteiger partial charge is 0.318 e. The Morgan fingerprint density at radius 2 is 2.22 bits per heavy atom. The number of unbranched alkanes of at least 4 members (excludes halogenated alkanes) is 1. The molecule has 0 bridgehead atoms. The third kappa shape index (κ3) is 1.88. The van der Waals surface area contributed by atoms with E-state index < -0.39 is 0 Å². The van der Waals surface area contributed by atoms with Crippen molar-refractivity contribution >= 4 is 27.4 Å². The average molecular weight is 262 g/mol. The summed E-state index contributed by atoms with van der Waals surface area (Å²) in [7, 11) is 0. The van der Waals surface area contributed by atoms with Crippen molar-refractivity contribution in [1.29, 1.82) is 0 Å². The Balaban J connectivity index is 2.11. The molecule has 4 heteroatoms. The Kier molecular flexibility index (Phi) is 3.20. The van der Waals surface area contributed by atoms with E-state index in [9.17, 15) is 0 Å². The van der Waals surface area contributed by atoms with Gasteiger partial charge in [-0.25, -0.2) is 4.57 Å². The summed E-state index contributed by atoms with van der Waals surface area (Å²) in [5, 5.41) is 1.24. The number of rotatable bonds is 3. The van der Waals surface area contributed by atoms with Crippen molar-refractivity contribution in [3.05, 3.63) is 16.8 Å². The van der Waals surface area contributed by atoms with Gasteiger partial charge in [-0.1, -0.05) is 18.3 Å². The number of anilines is 1. The van der Waals surface area contributed by atoms with Gasteiger partial charge in [0.15, 0.2) is 0 Å². The number of nitrogens with two attached hydrogens (primary N) is 1. The molecule has 0 spiro atoms. The second-order valence-corrected chi connectivity index (χ2v) is 6.15. The normalized spacial score (nSPS) is 14.9.